The van der Waals surface area contributed by atoms with Crippen LogP contribution in [0.5, 0.6) is 0 Å². The Balaban J connectivity index is 2.27. The maximum atomic E-state index is 6.37. The van der Waals surface area contributed by atoms with Crippen LogP contribution in [0, 0.1) is 0 Å². The SMILES string of the molecule is CC[SiH](CC)O[SiH](C)C1CCCCC1. The molecule has 0 amide bonds. The molecule has 1 atom stereocenters. The van der Waals surface area contributed by atoms with Crippen molar-refractivity contribution in [2.24, 2.45) is 0 Å². The first-order valence-corrected chi connectivity index (χ1v) is 10.8. The smallest absolute Gasteiger partial charge is 0.162 e. The van der Waals surface area contributed by atoms with E-state index >= 15 is 0 Å². The molecule has 1 saturated carbocycles. The van der Waals surface area contributed by atoms with E-state index in [0.29, 0.717) is 0 Å². The summed E-state index contributed by atoms with van der Waals surface area (Å²) in [5, 5.41) is 0. The lowest BCUT2D eigenvalue weighted by Crippen LogP contribution is -2.30. The minimum Gasteiger partial charge on any atom is -0.460 e. The van der Waals surface area contributed by atoms with Crippen molar-refractivity contribution in [2.75, 3.05) is 0 Å². The normalized spacial score (nSPS) is 21.4. The Morgan fingerprint density at radius 1 is 1.07 bits per heavy atom. The Kier molecular flexibility index (Phi) is 6.05. The van der Waals surface area contributed by atoms with Crippen molar-refractivity contribution in [3.63, 3.8) is 0 Å². The van der Waals surface area contributed by atoms with Gasteiger partial charge in [0.05, 0.1) is 0 Å². The van der Waals surface area contributed by atoms with E-state index in [1.54, 1.807) is 0 Å². The number of hydrogen-bond donors (Lipinski definition) is 0. The highest BCUT2D eigenvalue weighted by molar-refractivity contribution is 6.66. The molecular formula is C11H26OSi2. The number of hydrogen-bond acceptors (Lipinski definition) is 1. The maximum absolute atomic E-state index is 6.37. The van der Waals surface area contributed by atoms with Gasteiger partial charge in [-0.15, -0.1) is 0 Å². The lowest BCUT2D eigenvalue weighted by atomic mass is 10.0. The average molecular weight is 230 g/mol. The molecule has 14 heavy (non-hydrogen) atoms. The standard InChI is InChI=1S/C11H26OSi2/c1-4-14(5-2)12-13(3)11-9-7-6-8-10-11/h11,13-14H,4-10H2,1-3H3. The van der Waals surface area contributed by atoms with Crippen LogP contribution in [-0.4, -0.2) is 18.1 Å². The molecule has 0 N–H and O–H groups in total. The van der Waals surface area contributed by atoms with E-state index in [9.17, 15) is 0 Å². The summed E-state index contributed by atoms with van der Waals surface area (Å²) in [6, 6.07) is 2.67. The van der Waals surface area contributed by atoms with Gasteiger partial charge in [-0.05, 0) is 24.2 Å². The second-order valence-electron chi connectivity index (χ2n) is 4.68. The van der Waals surface area contributed by atoms with Crippen LogP contribution in [0.3, 0.4) is 0 Å². The van der Waals surface area contributed by atoms with Gasteiger partial charge in [0.15, 0.2) is 18.1 Å². The summed E-state index contributed by atoms with van der Waals surface area (Å²) >= 11 is 0. The minimum atomic E-state index is -0.815. The van der Waals surface area contributed by atoms with Gasteiger partial charge in [-0.2, -0.15) is 0 Å². The maximum Gasteiger partial charge on any atom is 0.162 e. The number of rotatable bonds is 5. The second-order valence-corrected chi connectivity index (χ2v) is 11.0. The van der Waals surface area contributed by atoms with Crippen molar-refractivity contribution in [1.29, 1.82) is 0 Å². The Morgan fingerprint density at radius 3 is 2.14 bits per heavy atom. The van der Waals surface area contributed by atoms with E-state index in [0.717, 1.165) is 5.54 Å². The van der Waals surface area contributed by atoms with Crippen molar-refractivity contribution in [3.8, 4) is 0 Å². The summed E-state index contributed by atoms with van der Waals surface area (Å²) in [4.78, 5) is 0. The fourth-order valence-corrected chi connectivity index (χ4v) is 9.34. The largest absolute Gasteiger partial charge is 0.460 e. The summed E-state index contributed by atoms with van der Waals surface area (Å²) in [5.41, 5.74) is 1.01. The average Bonchev–Trinajstić information content (AvgIpc) is 2.26. The first kappa shape index (κ1) is 12.5. The van der Waals surface area contributed by atoms with Gasteiger partial charge in [0.25, 0.3) is 0 Å². The van der Waals surface area contributed by atoms with E-state index in [1.807, 2.05) is 0 Å². The first-order chi connectivity index (χ1) is 6.77. The van der Waals surface area contributed by atoms with Crippen LogP contribution >= 0.6 is 0 Å². The van der Waals surface area contributed by atoms with Gasteiger partial charge in [-0.3, -0.25) is 0 Å². The summed E-state index contributed by atoms with van der Waals surface area (Å²) in [6.45, 7) is 7.06. The molecule has 0 aliphatic heterocycles. The third-order valence-electron chi connectivity index (χ3n) is 3.63. The van der Waals surface area contributed by atoms with Gasteiger partial charge in [0.2, 0.25) is 0 Å². The van der Waals surface area contributed by atoms with Crippen molar-refractivity contribution in [2.45, 2.75) is 70.1 Å². The lowest BCUT2D eigenvalue weighted by molar-refractivity contribution is 0.457. The van der Waals surface area contributed by atoms with Crippen molar-refractivity contribution >= 4 is 18.1 Å². The molecular weight excluding hydrogens is 204 g/mol. The minimum absolute atomic E-state index is 0.759. The summed E-state index contributed by atoms with van der Waals surface area (Å²) < 4.78 is 6.37. The molecule has 1 unspecified atom stereocenters. The van der Waals surface area contributed by atoms with E-state index in [4.69, 9.17) is 4.12 Å². The molecule has 0 aromatic carbocycles. The quantitative estimate of drug-likeness (QED) is 0.657. The molecule has 0 heterocycles. The Labute approximate surface area is 92.7 Å². The predicted molar refractivity (Wildman–Crippen MR) is 69.0 cm³/mol. The van der Waals surface area contributed by atoms with Gasteiger partial charge < -0.3 is 4.12 Å². The highest BCUT2D eigenvalue weighted by atomic mass is 28.4. The predicted octanol–water partition coefficient (Wildman–Crippen LogP) is 3.45. The topological polar surface area (TPSA) is 9.23 Å². The molecule has 0 radical (unpaired) electrons. The summed E-state index contributed by atoms with van der Waals surface area (Å²) in [7, 11) is -1.57. The fraction of sp³-hybridized carbons (Fsp3) is 1.00. The van der Waals surface area contributed by atoms with Crippen LogP contribution in [-0.2, 0) is 4.12 Å². The molecule has 3 heteroatoms. The van der Waals surface area contributed by atoms with E-state index in [-0.39, 0.29) is 0 Å². The zero-order chi connectivity index (χ0) is 10.4. The molecule has 1 aliphatic carbocycles. The third-order valence-corrected chi connectivity index (χ3v) is 10.7. The molecule has 1 aliphatic rings. The molecule has 0 aromatic heterocycles. The van der Waals surface area contributed by atoms with E-state index < -0.39 is 18.1 Å². The summed E-state index contributed by atoms with van der Waals surface area (Å²) in [5.74, 6) is 0. The first-order valence-electron chi connectivity index (χ1n) is 6.43. The van der Waals surface area contributed by atoms with E-state index in [1.165, 1.54) is 44.2 Å². The Hall–Kier alpha value is 0.394. The molecule has 0 spiro atoms. The molecule has 0 bridgehead atoms. The van der Waals surface area contributed by atoms with Gasteiger partial charge in [0.1, 0.15) is 0 Å². The van der Waals surface area contributed by atoms with Gasteiger partial charge in [-0.25, -0.2) is 0 Å². The van der Waals surface area contributed by atoms with Crippen LogP contribution in [0.15, 0.2) is 0 Å². The van der Waals surface area contributed by atoms with Crippen LogP contribution < -0.4 is 0 Å². The molecule has 84 valence electrons. The molecule has 1 nitrogen and oxygen atoms in total. The van der Waals surface area contributed by atoms with Gasteiger partial charge >= 0.3 is 0 Å². The Bertz CT molecular complexity index is 142. The van der Waals surface area contributed by atoms with Crippen LogP contribution in [0.1, 0.15) is 46.0 Å². The molecule has 1 rings (SSSR count). The van der Waals surface area contributed by atoms with Crippen molar-refractivity contribution in [3.05, 3.63) is 0 Å². The monoisotopic (exact) mass is 230 g/mol. The van der Waals surface area contributed by atoms with Gasteiger partial charge in [-0.1, -0.05) is 46.0 Å². The lowest BCUT2D eigenvalue weighted by Gasteiger charge is -2.29. The Morgan fingerprint density at radius 2 is 1.64 bits per heavy atom. The van der Waals surface area contributed by atoms with Crippen molar-refractivity contribution < 1.29 is 4.12 Å². The van der Waals surface area contributed by atoms with Crippen molar-refractivity contribution in [1.82, 2.24) is 0 Å². The third kappa shape index (κ3) is 3.87. The zero-order valence-corrected chi connectivity index (χ0v) is 12.4. The molecule has 0 aromatic rings. The molecule has 1 fully saturated rings. The zero-order valence-electron chi connectivity index (χ0n) is 10.1. The van der Waals surface area contributed by atoms with Gasteiger partial charge in [0, 0.05) is 0 Å². The highest BCUT2D eigenvalue weighted by Crippen LogP contribution is 2.31. The van der Waals surface area contributed by atoms with Crippen LogP contribution in [0.4, 0.5) is 0 Å². The van der Waals surface area contributed by atoms with Crippen LogP contribution in [0.2, 0.25) is 24.2 Å². The second kappa shape index (κ2) is 6.80. The highest BCUT2D eigenvalue weighted by Gasteiger charge is 2.24. The van der Waals surface area contributed by atoms with Crippen LogP contribution in [0.25, 0.3) is 0 Å². The fourth-order valence-electron chi connectivity index (χ4n) is 2.50. The van der Waals surface area contributed by atoms with E-state index in [2.05, 4.69) is 20.4 Å². The molecule has 0 saturated heterocycles. The summed E-state index contributed by atoms with van der Waals surface area (Å²) in [6.07, 6.45) is 7.36.